The average Bonchev–Trinajstić information content (AvgIpc) is 3.08. The minimum absolute atomic E-state index is 0. The van der Waals surface area contributed by atoms with Crippen LogP contribution in [0.2, 0.25) is 0 Å². The van der Waals surface area contributed by atoms with Crippen LogP contribution in [0.15, 0.2) is 17.4 Å². The fraction of sp³-hybridized carbons (Fsp3) is 0.765. The molecule has 1 spiro atoms. The van der Waals surface area contributed by atoms with Gasteiger partial charge in [-0.05, 0) is 19.8 Å². The molecule has 1 aliphatic carbocycles. The second-order valence-corrected chi connectivity index (χ2v) is 8.28. The number of imidazole rings is 1. The smallest absolute Gasteiger partial charge is 0.319 e. The molecule has 1 N–H and O–H groups in total. The van der Waals surface area contributed by atoms with Crippen LogP contribution in [0.1, 0.15) is 51.4 Å². The number of halogens is 3. The number of aliphatic imine (C=N–C) groups is 1. The largest absolute Gasteiger partial charge is 0.357 e. The normalized spacial score (nSPS) is 20.3. The Balaban J connectivity index is 0.00000243. The highest BCUT2D eigenvalue weighted by Crippen LogP contribution is 2.42. The van der Waals surface area contributed by atoms with Gasteiger partial charge in [-0.15, -0.1) is 24.0 Å². The van der Waals surface area contributed by atoms with Crippen molar-refractivity contribution in [1.29, 1.82) is 0 Å². The van der Waals surface area contributed by atoms with Gasteiger partial charge in [0.25, 0.3) is 0 Å². The Hall–Kier alpha value is -0.580. The fourth-order valence-electron chi connectivity index (χ4n) is 3.74. The van der Waals surface area contributed by atoms with Crippen LogP contribution in [0.4, 0.5) is 8.78 Å². The number of aromatic nitrogens is 2. The number of hydrogen-bond acceptors (Lipinski definition) is 3. The third-order valence-corrected chi connectivity index (χ3v) is 6.51. The molecule has 2 heterocycles. The maximum Gasteiger partial charge on any atom is 0.319 e. The van der Waals surface area contributed by atoms with E-state index >= 15 is 0 Å². The maximum atomic E-state index is 13.0. The average molecular weight is 499 g/mol. The lowest BCUT2D eigenvalue weighted by atomic mass is 9.87. The van der Waals surface area contributed by atoms with E-state index < -0.39 is 6.55 Å². The summed E-state index contributed by atoms with van der Waals surface area (Å²) in [6, 6.07) is 0. The lowest BCUT2D eigenvalue weighted by Gasteiger charge is -2.45. The van der Waals surface area contributed by atoms with E-state index in [1.807, 2.05) is 6.92 Å². The zero-order valence-corrected chi connectivity index (χ0v) is 18.3. The SMILES string of the molecule is CCNC(=NCc1nccn1C(F)F)N1CCSC2(CCCCC2)C1.I. The zero-order chi connectivity index (χ0) is 17.7. The van der Waals surface area contributed by atoms with Crippen LogP contribution in [-0.4, -0.2) is 50.5 Å². The number of nitrogens with zero attached hydrogens (tertiary/aromatic N) is 4. The van der Waals surface area contributed by atoms with Gasteiger partial charge in [0.2, 0.25) is 0 Å². The molecule has 0 unspecified atom stereocenters. The van der Waals surface area contributed by atoms with Gasteiger partial charge in [0.05, 0.1) is 0 Å². The minimum Gasteiger partial charge on any atom is -0.357 e. The summed E-state index contributed by atoms with van der Waals surface area (Å²) in [7, 11) is 0. The number of thioether (sulfide) groups is 1. The third kappa shape index (κ3) is 5.24. The van der Waals surface area contributed by atoms with E-state index in [9.17, 15) is 8.78 Å². The molecule has 2 fully saturated rings. The molecule has 0 radical (unpaired) electrons. The van der Waals surface area contributed by atoms with Crippen LogP contribution in [0.3, 0.4) is 0 Å². The summed E-state index contributed by atoms with van der Waals surface area (Å²) in [6.07, 6.45) is 9.19. The van der Waals surface area contributed by atoms with Gasteiger partial charge in [-0.1, -0.05) is 19.3 Å². The second-order valence-electron chi connectivity index (χ2n) is 6.71. The molecule has 26 heavy (non-hydrogen) atoms. The van der Waals surface area contributed by atoms with Crippen LogP contribution in [0.5, 0.6) is 0 Å². The van der Waals surface area contributed by atoms with Crippen molar-refractivity contribution >= 4 is 41.7 Å². The topological polar surface area (TPSA) is 45.5 Å². The first-order chi connectivity index (χ1) is 12.1. The summed E-state index contributed by atoms with van der Waals surface area (Å²) >= 11 is 2.11. The molecule has 0 atom stereocenters. The first-order valence-corrected chi connectivity index (χ1v) is 10.1. The molecular formula is C17H28F2IN5S. The van der Waals surface area contributed by atoms with Crippen molar-refractivity contribution < 1.29 is 8.78 Å². The molecule has 0 amide bonds. The predicted octanol–water partition coefficient (Wildman–Crippen LogP) is 4.11. The second kappa shape index (κ2) is 10.1. The van der Waals surface area contributed by atoms with Gasteiger partial charge in [-0.3, -0.25) is 4.57 Å². The molecule has 1 saturated heterocycles. The molecule has 9 heteroatoms. The molecule has 1 saturated carbocycles. The van der Waals surface area contributed by atoms with Crippen molar-refractivity contribution in [3.8, 4) is 0 Å². The Kier molecular flexibility index (Phi) is 8.43. The lowest BCUT2D eigenvalue weighted by Crippen LogP contribution is -2.53. The lowest BCUT2D eigenvalue weighted by molar-refractivity contribution is 0.0671. The van der Waals surface area contributed by atoms with Gasteiger partial charge >= 0.3 is 6.55 Å². The van der Waals surface area contributed by atoms with Crippen LogP contribution in [0.25, 0.3) is 0 Å². The molecule has 148 valence electrons. The van der Waals surface area contributed by atoms with Crippen molar-refractivity contribution in [3.63, 3.8) is 0 Å². The Morgan fingerprint density at radius 2 is 2.15 bits per heavy atom. The molecule has 0 aromatic carbocycles. The van der Waals surface area contributed by atoms with Crippen LogP contribution >= 0.6 is 35.7 Å². The van der Waals surface area contributed by atoms with Gasteiger partial charge < -0.3 is 10.2 Å². The number of hydrogen-bond donors (Lipinski definition) is 1. The van der Waals surface area contributed by atoms with Gasteiger partial charge in [0, 0.05) is 42.5 Å². The summed E-state index contributed by atoms with van der Waals surface area (Å²) < 4.78 is 27.2. The van der Waals surface area contributed by atoms with Gasteiger partial charge in [0.1, 0.15) is 12.4 Å². The number of nitrogens with one attached hydrogen (secondary N) is 1. The van der Waals surface area contributed by atoms with Gasteiger partial charge in [-0.2, -0.15) is 20.5 Å². The standard InChI is InChI=1S/C17H27F2N5S.HI/c1-2-20-16(22-12-14-21-8-9-24(14)15(18)19)23-10-11-25-17(13-23)6-4-3-5-7-17;/h8-9,15H,2-7,10-13H2,1H3,(H,20,22);1H. The number of guanidine groups is 1. The van der Waals surface area contributed by atoms with Crippen LogP contribution in [-0.2, 0) is 6.54 Å². The Morgan fingerprint density at radius 1 is 1.38 bits per heavy atom. The molecular weight excluding hydrogens is 471 g/mol. The molecule has 1 aliphatic heterocycles. The van der Waals surface area contributed by atoms with Crippen molar-refractivity contribution in [2.75, 3.05) is 25.4 Å². The highest BCUT2D eigenvalue weighted by molar-refractivity contribution is 14.0. The van der Waals surface area contributed by atoms with E-state index in [2.05, 4.69) is 32.0 Å². The van der Waals surface area contributed by atoms with E-state index in [1.54, 1.807) is 0 Å². The first kappa shape index (κ1) is 21.7. The first-order valence-electron chi connectivity index (χ1n) is 9.11. The summed E-state index contributed by atoms with van der Waals surface area (Å²) in [5.74, 6) is 2.21. The molecule has 5 nitrogen and oxygen atoms in total. The fourth-order valence-corrected chi connectivity index (χ4v) is 5.31. The molecule has 1 aromatic heterocycles. The summed E-state index contributed by atoms with van der Waals surface area (Å²) in [5.41, 5.74) is 0. The van der Waals surface area contributed by atoms with Gasteiger partial charge in [-0.25, -0.2) is 9.98 Å². The summed E-state index contributed by atoms with van der Waals surface area (Å²) in [6.45, 7) is 2.32. The maximum absolute atomic E-state index is 13.0. The monoisotopic (exact) mass is 499 g/mol. The number of rotatable bonds is 4. The summed E-state index contributed by atoms with van der Waals surface area (Å²) in [4.78, 5) is 10.9. The summed E-state index contributed by atoms with van der Waals surface area (Å²) in [5, 5.41) is 3.33. The highest BCUT2D eigenvalue weighted by atomic mass is 127. The van der Waals surface area contributed by atoms with E-state index in [0.29, 0.717) is 10.6 Å². The Bertz CT molecular complexity index is 584. The van der Waals surface area contributed by atoms with E-state index in [0.717, 1.165) is 35.9 Å². The molecule has 1 aromatic rings. The quantitative estimate of drug-likeness (QED) is 0.385. The molecule has 3 rings (SSSR count). The molecule has 2 aliphatic rings. The van der Waals surface area contributed by atoms with Crippen molar-refractivity contribution in [2.45, 2.75) is 56.9 Å². The van der Waals surface area contributed by atoms with E-state index in [1.165, 1.54) is 44.5 Å². The highest BCUT2D eigenvalue weighted by Gasteiger charge is 2.38. The minimum atomic E-state index is -2.58. The van der Waals surface area contributed by atoms with E-state index in [-0.39, 0.29) is 30.5 Å². The van der Waals surface area contributed by atoms with E-state index in [4.69, 9.17) is 0 Å². The third-order valence-electron chi connectivity index (χ3n) is 4.98. The van der Waals surface area contributed by atoms with Crippen LogP contribution in [0, 0.1) is 0 Å². The molecule has 0 bridgehead atoms. The zero-order valence-electron chi connectivity index (χ0n) is 15.2. The van der Waals surface area contributed by atoms with Crippen LogP contribution < -0.4 is 5.32 Å². The van der Waals surface area contributed by atoms with Gasteiger partial charge in [0.15, 0.2) is 5.96 Å². The number of alkyl halides is 2. The Morgan fingerprint density at radius 3 is 2.85 bits per heavy atom. The van der Waals surface area contributed by atoms with Crippen molar-refractivity contribution in [1.82, 2.24) is 19.8 Å². The van der Waals surface area contributed by atoms with Crippen molar-refractivity contribution in [3.05, 3.63) is 18.2 Å². The predicted molar refractivity (Wildman–Crippen MR) is 114 cm³/mol. The van der Waals surface area contributed by atoms with Crippen molar-refractivity contribution in [2.24, 2.45) is 4.99 Å². The Labute approximate surface area is 175 Å².